The van der Waals surface area contributed by atoms with Crippen molar-refractivity contribution in [1.82, 2.24) is 5.32 Å². The Morgan fingerprint density at radius 3 is 3.00 bits per heavy atom. The Morgan fingerprint density at radius 2 is 2.29 bits per heavy atom. The lowest BCUT2D eigenvalue weighted by Gasteiger charge is -2.43. The van der Waals surface area contributed by atoms with Gasteiger partial charge in [-0.25, -0.2) is 4.79 Å². The van der Waals surface area contributed by atoms with Gasteiger partial charge in [-0.05, 0) is 18.4 Å². The molecule has 2 aliphatic heterocycles. The van der Waals surface area contributed by atoms with Crippen LogP contribution in [0.15, 0.2) is 11.8 Å². The largest absolute Gasteiger partial charge is 0.464 e. The fourth-order valence-electron chi connectivity index (χ4n) is 3.57. The molecule has 3 rings (SSSR count). The van der Waals surface area contributed by atoms with Crippen molar-refractivity contribution in [3.05, 3.63) is 11.8 Å². The summed E-state index contributed by atoms with van der Waals surface area (Å²) in [7, 11) is 3.88. The number of carbonyl (C=O) groups excluding carboxylic acids is 1. The van der Waals surface area contributed by atoms with Crippen molar-refractivity contribution >= 4 is 13.2 Å². The molecule has 1 saturated heterocycles. The second-order valence-electron chi connectivity index (χ2n) is 5.49. The van der Waals surface area contributed by atoms with Crippen LogP contribution >= 0.6 is 0 Å². The quantitative estimate of drug-likeness (QED) is 0.552. The molecule has 1 saturated carbocycles. The van der Waals surface area contributed by atoms with Crippen LogP contribution in [0, 0.1) is 11.8 Å². The number of esters is 1. The van der Waals surface area contributed by atoms with Gasteiger partial charge in [-0.2, -0.15) is 0 Å². The molecule has 0 bridgehead atoms. The van der Waals surface area contributed by atoms with E-state index in [1.807, 2.05) is 0 Å². The summed E-state index contributed by atoms with van der Waals surface area (Å²) in [5.74, 6) is 1.85. The smallest absolute Gasteiger partial charge is 0.353 e. The zero-order valence-corrected chi connectivity index (χ0v) is 10.3. The molecule has 1 radical (unpaired) electrons. The second-order valence-corrected chi connectivity index (χ2v) is 5.49. The summed E-state index contributed by atoms with van der Waals surface area (Å²) in [6.07, 6.45) is 8.56. The lowest BCUT2D eigenvalue weighted by atomic mass is 9.37. The fraction of sp³-hybridized carbons (Fsp3) is 0.769. The molecule has 3 nitrogen and oxygen atoms in total. The molecule has 1 N–H and O–H groups in total. The molecular weight excluding hydrogens is 213 g/mol. The van der Waals surface area contributed by atoms with Gasteiger partial charge in [-0.1, -0.05) is 37.3 Å². The first-order valence-corrected chi connectivity index (χ1v) is 6.69. The van der Waals surface area contributed by atoms with Crippen molar-refractivity contribution in [2.24, 2.45) is 11.8 Å². The van der Waals surface area contributed by atoms with E-state index in [2.05, 4.69) is 18.7 Å². The lowest BCUT2D eigenvalue weighted by Crippen LogP contribution is -2.41. The van der Waals surface area contributed by atoms with Crippen molar-refractivity contribution in [2.75, 3.05) is 7.11 Å². The molecule has 4 unspecified atom stereocenters. The Bertz CT molecular complexity index is 355. The molecule has 4 heteroatoms. The van der Waals surface area contributed by atoms with Crippen LogP contribution in [0.1, 0.15) is 25.7 Å². The van der Waals surface area contributed by atoms with Crippen LogP contribution in [-0.4, -0.2) is 26.4 Å². The van der Waals surface area contributed by atoms with Gasteiger partial charge in [0.25, 0.3) is 0 Å². The van der Waals surface area contributed by atoms with Gasteiger partial charge >= 0.3 is 5.97 Å². The van der Waals surface area contributed by atoms with E-state index in [-0.39, 0.29) is 5.97 Å². The summed E-state index contributed by atoms with van der Waals surface area (Å²) in [6.45, 7) is 0. The summed E-state index contributed by atoms with van der Waals surface area (Å²) in [4.78, 5) is 11.6. The molecule has 1 aliphatic carbocycles. The highest BCUT2D eigenvalue weighted by Gasteiger charge is 2.43. The van der Waals surface area contributed by atoms with Crippen molar-refractivity contribution in [2.45, 2.75) is 43.9 Å². The molecule has 4 atom stereocenters. The Labute approximate surface area is 103 Å². The predicted molar refractivity (Wildman–Crippen MR) is 66.8 cm³/mol. The van der Waals surface area contributed by atoms with Gasteiger partial charge < -0.3 is 10.1 Å². The lowest BCUT2D eigenvalue weighted by molar-refractivity contribution is -0.136. The van der Waals surface area contributed by atoms with Gasteiger partial charge in [0.05, 0.1) is 7.11 Å². The average Bonchev–Trinajstić information content (AvgIpc) is 2.68. The molecule has 0 amide bonds. The molecule has 2 fully saturated rings. The van der Waals surface area contributed by atoms with Gasteiger partial charge in [0.2, 0.25) is 0 Å². The number of carbonyl (C=O) groups is 1. The van der Waals surface area contributed by atoms with E-state index in [0.717, 1.165) is 5.92 Å². The monoisotopic (exact) mass is 232 g/mol. The molecule has 2 heterocycles. The van der Waals surface area contributed by atoms with Crippen LogP contribution in [0.2, 0.25) is 12.1 Å². The number of methoxy groups -OCH3 is 1. The summed E-state index contributed by atoms with van der Waals surface area (Å²) in [5.41, 5.74) is 0.684. The number of hydrogen-bond donors (Lipinski definition) is 1. The highest BCUT2D eigenvalue weighted by Crippen LogP contribution is 2.48. The van der Waals surface area contributed by atoms with E-state index in [4.69, 9.17) is 4.74 Å². The summed E-state index contributed by atoms with van der Waals surface area (Å²) in [6, 6.07) is 0.452. The first-order chi connectivity index (χ1) is 8.29. The van der Waals surface area contributed by atoms with Crippen molar-refractivity contribution in [3.63, 3.8) is 0 Å². The zero-order valence-electron chi connectivity index (χ0n) is 10.3. The minimum atomic E-state index is -0.215. The van der Waals surface area contributed by atoms with E-state index >= 15 is 0 Å². The third kappa shape index (κ3) is 1.87. The molecule has 17 heavy (non-hydrogen) atoms. The van der Waals surface area contributed by atoms with Crippen LogP contribution in [0.25, 0.3) is 0 Å². The van der Waals surface area contributed by atoms with Gasteiger partial charge in [0.1, 0.15) is 13.0 Å². The number of ether oxygens (including phenoxy) is 1. The highest BCUT2D eigenvalue weighted by atomic mass is 16.5. The normalized spacial score (nSPS) is 39.2. The molecule has 3 aliphatic rings. The van der Waals surface area contributed by atoms with E-state index in [1.165, 1.54) is 39.1 Å². The number of nitrogens with one attached hydrogen (secondary N) is 1. The SMILES string of the molecule is COC(=O)C1=CC2C(CCCCC3C[B]C32)N1. The maximum absolute atomic E-state index is 11.6. The number of fused-ring (bicyclic) bond motifs is 3. The summed E-state index contributed by atoms with van der Waals surface area (Å²) >= 11 is 0. The second kappa shape index (κ2) is 4.39. The maximum Gasteiger partial charge on any atom is 0.353 e. The first-order valence-electron chi connectivity index (χ1n) is 6.69. The standard InChI is InChI=1S/C13H19BNO2/c1-17-13(16)11-6-9-10(15-11)5-3-2-4-8-7-14-12(8)9/h6,8-10,12,15H,2-5,7H2,1H3. The Hall–Kier alpha value is -0.925. The molecule has 0 spiro atoms. The fourth-order valence-corrected chi connectivity index (χ4v) is 3.57. The van der Waals surface area contributed by atoms with E-state index < -0.39 is 0 Å². The molecular formula is C13H19BNO2. The van der Waals surface area contributed by atoms with E-state index in [0.29, 0.717) is 23.5 Å². The van der Waals surface area contributed by atoms with Crippen LogP contribution in [0.3, 0.4) is 0 Å². The van der Waals surface area contributed by atoms with E-state index in [1.54, 1.807) is 0 Å². The van der Waals surface area contributed by atoms with E-state index in [9.17, 15) is 4.79 Å². The molecule has 0 aromatic carbocycles. The molecule has 0 aromatic heterocycles. The van der Waals surface area contributed by atoms with Gasteiger partial charge in [-0.15, -0.1) is 0 Å². The zero-order chi connectivity index (χ0) is 11.8. The third-order valence-electron chi connectivity index (χ3n) is 4.61. The average molecular weight is 232 g/mol. The Balaban J connectivity index is 1.78. The van der Waals surface area contributed by atoms with Gasteiger partial charge in [0, 0.05) is 6.04 Å². The predicted octanol–water partition coefficient (Wildman–Crippen LogP) is 1.75. The third-order valence-corrected chi connectivity index (χ3v) is 4.61. The number of hydrogen-bond acceptors (Lipinski definition) is 3. The molecule has 91 valence electrons. The van der Waals surface area contributed by atoms with Gasteiger partial charge in [-0.3, -0.25) is 0 Å². The van der Waals surface area contributed by atoms with Crippen molar-refractivity contribution in [1.29, 1.82) is 0 Å². The van der Waals surface area contributed by atoms with Crippen LogP contribution in [0.4, 0.5) is 0 Å². The van der Waals surface area contributed by atoms with Crippen LogP contribution in [-0.2, 0) is 9.53 Å². The van der Waals surface area contributed by atoms with Crippen LogP contribution < -0.4 is 5.32 Å². The van der Waals surface area contributed by atoms with Crippen molar-refractivity contribution in [3.8, 4) is 0 Å². The molecule has 0 aromatic rings. The Morgan fingerprint density at radius 1 is 1.47 bits per heavy atom. The van der Waals surface area contributed by atoms with Crippen molar-refractivity contribution < 1.29 is 9.53 Å². The highest BCUT2D eigenvalue weighted by molar-refractivity contribution is 6.42. The van der Waals surface area contributed by atoms with Crippen LogP contribution in [0.5, 0.6) is 0 Å². The minimum Gasteiger partial charge on any atom is -0.464 e. The summed E-state index contributed by atoms with van der Waals surface area (Å²) < 4.78 is 4.80. The maximum atomic E-state index is 11.6. The summed E-state index contributed by atoms with van der Waals surface area (Å²) in [5, 5.41) is 3.36. The first kappa shape index (κ1) is 11.2. The van der Waals surface area contributed by atoms with Gasteiger partial charge in [0.15, 0.2) is 0 Å². The Kier molecular flexibility index (Phi) is 2.89. The topological polar surface area (TPSA) is 38.3 Å². The minimum absolute atomic E-state index is 0.215. The number of rotatable bonds is 1.